The average molecular weight is 265 g/mol. The predicted molar refractivity (Wildman–Crippen MR) is 57.5 cm³/mol. The molecule has 0 spiro atoms. The Hall–Kier alpha value is -1.05. The van der Waals surface area contributed by atoms with Crippen molar-refractivity contribution in [1.29, 1.82) is 0 Å². The fourth-order valence-corrected chi connectivity index (χ4v) is 1.93. The molecule has 96 valence electrons. The van der Waals surface area contributed by atoms with Crippen LogP contribution in [0.2, 0.25) is 0 Å². The Kier molecular flexibility index (Phi) is 3.85. The molecule has 0 heterocycles. The molecule has 1 aromatic rings. The molecular formula is C10H13F2NO3S. The van der Waals surface area contributed by atoms with Crippen LogP contribution in [0, 0.1) is 11.6 Å². The molecule has 0 aliphatic heterocycles. The first kappa shape index (κ1) is 14.0. The predicted octanol–water partition coefficient (Wildman–Crippen LogP) is 1.97. The van der Waals surface area contributed by atoms with Crippen LogP contribution in [0.5, 0.6) is 0 Å². The van der Waals surface area contributed by atoms with Crippen LogP contribution < -0.4 is 4.89 Å². The summed E-state index contributed by atoms with van der Waals surface area (Å²) in [5.74, 6) is -2.02. The molecule has 0 fully saturated rings. The molecule has 0 aromatic heterocycles. The van der Waals surface area contributed by atoms with Gasteiger partial charge in [0.05, 0.1) is 5.60 Å². The zero-order valence-corrected chi connectivity index (χ0v) is 10.4. The monoisotopic (exact) mass is 265 g/mol. The van der Waals surface area contributed by atoms with Gasteiger partial charge in [0.1, 0.15) is 16.5 Å². The highest BCUT2D eigenvalue weighted by Crippen LogP contribution is 2.16. The number of nitrogens with one attached hydrogen (secondary N) is 1. The first-order valence-corrected chi connectivity index (χ1v) is 6.25. The summed E-state index contributed by atoms with van der Waals surface area (Å²) in [5, 5.41) is 0. The fraction of sp³-hybridized carbons (Fsp3) is 0.400. The van der Waals surface area contributed by atoms with Crippen molar-refractivity contribution in [3.8, 4) is 0 Å². The van der Waals surface area contributed by atoms with Crippen molar-refractivity contribution < 1.29 is 22.0 Å². The number of sulfonamides is 1. The van der Waals surface area contributed by atoms with Gasteiger partial charge in [-0.3, -0.25) is 4.84 Å². The molecular weight excluding hydrogens is 252 g/mol. The lowest BCUT2D eigenvalue weighted by Gasteiger charge is -2.19. The van der Waals surface area contributed by atoms with E-state index in [0.717, 1.165) is 12.1 Å². The van der Waals surface area contributed by atoms with E-state index in [1.807, 2.05) is 0 Å². The van der Waals surface area contributed by atoms with E-state index in [4.69, 9.17) is 4.84 Å². The minimum Gasteiger partial charge on any atom is -0.281 e. The average Bonchev–Trinajstić information content (AvgIpc) is 2.13. The molecule has 4 nitrogen and oxygen atoms in total. The molecule has 0 aliphatic rings. The van der Waals surface area contributed by atoms with Gasteiger partial charge in [0, 0.05) is 6.07 Å². The normalized spacial score (nSPS) is 12.8. The largest absolute Gasteiger partial charge is 0.281 e. The molecule has 1 rings (SSSR count). The standard InChI is InChI=1S/C10H13F2NO3S/c1-10(2,3)16-13-17(14,15)9-5-4-7(11)6-8(9)12/h4-6,13H,1-3H3. The minimum atomic E-state index is -4.15. The zero-order valence-electron chi connectivity index (χ0n) is 9.62. The summed E-state index contributed by atoms with van der Waals surface area (Å²) in [6, 6.07) is 2.18. The Balaban J connectivity index is 2.98. The van der Waals surface area contributed by atoms with Gasteiger partial charge in [-0.1, -0.05) is 4.89 Å². The zero-order chi connectivity index (χ0) is 13.3. The van der Waals surface area contributed by atoms with Gasteiger partial charge in [0.25, 0.3) is 10.0 Å². The second-order valence-corrected chi connectivity index (χ2v) is 5.99. The Morgan fingerprint density at radius 3 is 2.29 bits per heavy atom. The van der Waals surface area contributed by atoms with E-state index >= 15 is 0 Å². The van der Waals surface area contributed by atoms with Crippen LogP contribution in [-0.2, 0) is 14.9 Å². The fourth-order valence-electron chi connectivity index (χ4n) is 0.918. The van der Waals surface area contributed by atoms with Crippen LogP contribution in [0.15, 0.2) is 23.1 Å². The van der Waals surface area contributed by atoms with Crippen molar-refractivity contribution in [1.82, 2.24) is 4.89 Å². The molecule has 1 aromatic carbocycles. The van der Waals surface area contributed by atoms with E-state index in [-0.39, 0.29) is 0 Å². The highest BCUT2D eigenvalue weighted by Gasteiger charge is 2.22. The second-order valence-electron chi connectivity index (χ2n) is 4.38. The van der Waals surface area contributed by atoms with Gasteiger partial charge >= 0.3 is 0 Å². The highest BCUT2D eigenvalue weighted by molar-refractivity contribution is 7.89. The Morgan fingerprint density at radius 2 is 1.82 bits per heavy atom. The SMILES string of the molecule is CC(C)(C)ONS(=O)(=O)c1ccc(F)cc1F. The smallest absolute Gasteiger partial charge is 0.265 e. The van der Waals surface area contributed by atoms with Crippen molar-refractivity contribution in [3.05, 3.63) is 29.8 Å². The second kappa shape index (κ2) is 4.67. The maximum Gasteiger partial charge on any atom is 0.265 e. The Morgan fingerprint density at radius 1 is 1.24 bits per heavy atom. The Labute approximate surface area is 98.6 Å². The summed E-state index contributed by atoms with van der Waals surface area (Å²) in [7, 11) is -4.15. The number of halogens is 2. The summed E-state index contributed by atoms with van der Waals surface area (Å²) >= 11 is 0. The van der Waals surface area contributed by atoms with Gasteiger partial charge in [-0.2, -0.15) is 0 Å². The van der Waals surface area contributed by atoms with Crippen LogP contribution in [0.25, 0.3) is 0 Å². The van der Waals surface area contributed by atoms with Crippen molar-refractivity contribution in [3.63, 3.8) is 0 Å². The number of rotatable bonds is 3. The number of hydrogen-bond donors (Lipinski definition) is 1. The third-order valence-corrected chi connectivity index (χ3v) is 2.85. The molecule has 0 saturated carbocycles. The molecule has 0 amide bonds. The van der Waals surface area contributed by atoms with Crippen molar-refractivity contribution in [2.75, 3.05) is 0 Å². The Bertz CT molecular complexity index is 509. The molecule has 7 heteroatoms. The lowest BCUT2D eigenvalue weighted by Crippen LogP contribution is -2.34. The van der Waals surface area contributed by atoms with Crippen LogP contribution in [-0.4, -0.2) is 14.0 Å². The van der Waals surface area contributed by atoms with E-state index in [9.17, 15) is 17.2 Å². The molecule has 0 radical (unpaired) electrons. The van der Waals surface area contributed by atoms with Crippen LogP contribution in [0.4, 0.5) is 8.78 Å². The molecule has 0 saturated heterocycles. The summed E-state index contributed by atoms with van der Waals surface area (Å²) < 4.78 is 49.1. The van der Waals surface area contributed by atoms with E-state index < -0.39 is 32.2 Å². The molecule has 0 bridgehead atoms. The van der Waals surface area contributed by atoms with E-state index in [2.05, 4.69) is 0 Å². The third-order valence-electron chi connectivity index (χ3n) is 1.64. The van der Waals surface area contributed by atoms with Crippen molar-refractivity contribution >= 4 is 10.0 Å². The van der Waals surface area contributed by atoms with E-state index in [1.165, 1.54) is 0 Å². The highest BCUT2D eigenvalue weighted by atomic mass is 32.2. The van der Waals surface area contributed by atoms with E-state index in [1.54, 1.807) is 25.7 Å². The summed E-state index contributed by atoms with van der Waals surface area (Å²) in [6.07, 6.45) is 0. The number of hydrogen-bond acceptors (Lipinski definition) is 3. The maximum absolute atomic E-state index is 13.3. The quantitative estimate of drug-likeness (QED) is 0.850. The van der Waals surface area contributed by atoms with Gasteiger partial charge in [0.15, 0.2) is 0 Å². The maximum atomic E-state index is 13.3. The van der Waals surface area contributed by atoms with Gasteiger partial charge in [-0.25, -0.2) is 17.2 Å². The van der Waals surface area contributed by atoms with E-state index in [0.29, 0.717) is 6.07 Å². The molecule has 0 aliphatic carbocycles. The van der Waals surface area contributed by atoms with Crippen LogP contribution in [0.1, 0.15) is 20.8 Å². The van der Waals surface area contributed by atoms with Crippen LogP contribution in [0.3, 0.4) is 0 Å². The van der Waals surface area contributed by atoms with Gasteiger partial charge < -0.3 is 0 Å². The topological polar surface area (TPSA) is 55.4 Å². The number of benzene rings is 1. The van der Waals surface area contributed by atoms with Crippen molar-refractivity contribution in [2.45, 2.75) is 31.3 Å². The summed E-state index contributed by atoms with van der Waals surface area (Å²) in [6.45, 7) is 4.86. The minimum absolute atomic E-state index is 0.492. The van der Waals surface area contributed by atoms with Gasteiger partial charge in [0.2, 0.25) is 0 Å². The van der Waals surface area contributed by atoms with Gasteiger partial charge in [-0.05, 0) is 32.9 Å². The molecule has 17 heavy (non-hydrogen) atoms. The lowest BCUT2D eigenvalue weighted by atomic mass is 10.2. The van der Waals surface area contributed by atoms with Gasteiger partial charge in [-0.15, -0.1) is 0 Å². The first-order chi connectivity index (χ1) is 7.62. The first-order valence-electron chi connectivity index (χ1n) is 4.77. The summed E-state index contributed by atoms with van der Waals surface area (Å²) in [4.78, 5) is 5.96. The molecule has 1 N–H and O–H groups in total. The third kappa shape index (κ3) is 4.03. The summed E-state index contributed by atoms with van der Waals surface area (Å²) in [5.41, 5.74) is -0.760. The molecule has 0 unspecified atom stereocenters. The van der Waals surface area contributed by atoms with Crippen molar-refractivity contribution in [2.24, 2.45) is 0 Å². The molecule has 0 atom stereocenters. The lowest BCUT2D eigenvalue weighted by molar-refractivity contribution is -0.0358. The van der Waals surface area contributed by atoms with Crippen LogP contribution >= 0.6 is 0 Å².